The van der Waals surface area contributed by atoms with Crippen molar-refractivity contribution in [3.63, 3.8) is 0 Å². The van der Waals surface area contributed by atoms with Crippen molar-refractivity contribution < 1.29 is 9.63 Å². The summed E-state index contributed by atoms with van der Waals surface area (Å²) in [4.78, 5) is 4.84. The van der Waals surface area contributed by atoms with Crippen molar-refractivity contribution in [1.82, 2.24) is 10.1 Å². The Morgan fingerprint density at radius 3 is 2.86 bits per heavy atom. The van der Waals surface area contributed by atoms with Gasteiger partial charge in [-0.05, 0) is 19.1 Å². The Kier molecular flexibility index (Phi) is 2.54. The van der Waals surface area contributed by atoms with Gasteiger partial charge in [-0.1, -0.05) is 16.8 Å². The molecule has 0 spiro atoms. The van der Waals surface area contributed by atoms with Crippen LogP contribution in [0.1, 0.15) is 18.9 Å². The van der Waals surface area contributed by atoms with Crippen LogP contribution in [-0.4, -0.2) is 15.2 Å². The summed E-state index contributed by atoms with van der Waals surface area (Å²) in [6.45, 7) is 1.57. The molecule has 1 N–H and O–H groups in total. The van der Waals surface area contributed by atoms with Crippen LogP contribution >= 0.6 is 22.9 Å². The van der Waals surface area contributed by atoms with E-state index < -0.39 is 6.10 Å². The van der Waals surface area contributed by atoms with Crippen molar-refractivity contribution in [2.24, 2.45) is 0 Å². The largest absolute Gasteiger partial charge is 0.384 e. The Morgan fingerprint density at radius 2 is 2.36 bits per heavy atom. The summed E-state index contributed by atoms with van der Waals surface area (Å²) in [5.74, 6) is 0.669. The number of aliphatic hydroxyl groups excluding tert-OH is 1. The van der Waals surface area contributed by atoms with Gasteiger partial charge in [0.2, 0.25) is 5.82 Å². The maximum atomic E-state index is 9.17. The lowest BCUT2D eigenvalue weighted by atomic mass is 10.4. The standard InChI is InChI=1S/C8H7ClN2O2S/c1-4(12)8-10-7(11-13-8)5-2-3-6(9)14-5/h2-4,12H,1H3. The van der Waals surface area contributed by atoms with Gasteiger partial charge in [0.1, 0.15) is 6.10 Å². The highest BCUT2D eigenvalue weighted by Gasteiger charge is 2.13. The van der Waals surface area contributed by atoms with Crippen LogP contribution in [0.25, 0.3) is 10.7 Å². The molecule has 2 aromatic heterocycles. The SMILES string of the molecule is CC(O)c1nc(-c2ccc(Cl)s2)no1. The average Bonchev–Trinajstić information content (AvgIpc) is 2.70. The second-order valence-corrected chi connectivity index (χ2v) is 4.45. The Labute approximate surface area is 89.1 Å². The van der Waals surface area contributed by atoms with E-state index in [1.807, 2.05) is 6.07 Å². The van der Waals surface area contributed by atoms with Crippen LogP contribution in [0.15, 0.2) is 16.7 Å². The summed E-state index contributed by atoms with van der Waals surface area (Å²) in [6.07, 6.45) is -0.744. The summed E-state index contributed by atoms with van der Waals surface area (Å²) < 4.78 is 5.51. The first kappa shape index (κ1) is 9.64. The zero-order valence-electron chi connectivity index (χ0n) is 7.27. The zero-order chi connectivity index (χ0) is 10.1. The van der Waals surface area contributed by atoms with Crippen molar-refractivity contribution in [3.05, 3.63) is 22.4 Å². The van der Waals surface area contributed by atoms with Crippen LogP contribution in [0.5, 0.6) is 0 Å². The molecule has 0 saturated heterocycles. The molecule has 0 amide bonds. The van der Waals surface area contributed by atoms with Gasteiger partial charge in [-0.25, -0.2) is 0 Å². The molecule has 0 aliphatic rings. The molecule has 74 valence electrons. The summed E-state index contributed by atoms with van der Waals surface area (Å²) in [5, 5.41) is 12.9. The predicted octanol–water partition coefficient (Wildman–Crippen LogP) is 2.50. The van der Waals surface area contributed by atoms with Gasteiger partial charge in [0.25, 0.3) is 5.89 Å². The molecule has 2 aromatic rings. The van der Waals surface area contributed by atoms with Gasteiger partial charge in [0, 0.05) is 0 Å². The van der Waals surface area contributed by atoms with Crippen molar-refractivity contribution >= 4 is 22.9 Å². The van der Waals surface area contributed by atoms with Crippen LogP contribution in [0.4, 0.5) is 0 Å². The minimum atomic E-state index is -0.744. The molecular weight excluding hydrogens is 224 g/mol. The van der Waals surface area contributed by atoms with Gasteiger partial charge < -0.3 is 9.63 Å². The van der Waals surface area contributed by atoms with Crippen molar-refractivity contribution in [3.8, 4) is 10.7 Å². The topological polar surface area (TPSA) is 59.2 Å². The summed E-state index contributed by atoms with van der Waals surface area (Å²) in [7, 11) is 0. The number of hydrogen-bond acceptors (Lipinski definition) is 5. The highest BCUT2D eigenvalue weighted by atomic mass is 35.5. The molecule has 0 aromatic carbocycles. The Balaban J connectivity index is 2.33. The van der Waals surface area contributed by atoms with E-state index in [4.69, 9.17) is 16.1 Å². The smallest absolute Gasteiger partial charge is 0.255 e. The lowest BCUT2D eigenvalue weighted by molar-refractivity contribution is 0.152. The maximum absolute atomic E-state index is 9.17. The van der Waals surface area contributed by atoms with E-state index in [2.05, 4.69) is 10.1 Å². The van der Waals surface area contributed by atoms with Crippen LogP contribution in [-0.2, 0) is 0 Å². The number of rotatable bonds is 2. The van der Waals surface area contributed by atoms with Crippen molar-refractivity contribution in [1.29, 1.82) is 0 Å². The number of nitrogens with zero attached hydrogens (tertiary/aromatic N) is 2. The first-order valence-electron chi connectivity index (χ1n) is 3.94. The second-order valence-electron chi connectivity index (χ2n) is 2.74. The van der Waals surface area contributed by atoms with Crippen LogP contribution < -0.4 is 0 Å². The first-order valence-corrected chi connectivity index (χ1v) is 5.13. The molecule has 1 unspecified atom stereocenters. The molecule has 0 aliphatic heterocycles. The highest BCUT2D eigenvalue weighted by molar-refractivity contribution is 7.19. The molecule has 2 heterocycles. The van der Waals surface area contributed by atoms with E-state index in [-0.39, 0.29) is 5.89 Å². The van der Waals surface area contributed by atoms with Crippen molar-refractivity contribution in [2.45, 2.75) is 13.0 Å². The molecule has 4 nitrogen and oxygen atoms in total. The summed E-state index contributed by atoms with van der Waals surface area (Å²) in [5.41, 5.74) is 0. The predicted molar refractivity (Wildman–Crippen MR) is 53.3 cm³/mol. The van der Waals surface area contributed by atoms with E-state index in [0.29, 0.717) is 10.2 Å². The molecule has 6 heteroatoms. The first-order chi connectivity index (χ1) is 6.66. The fourth-order valence-electron chi connectivity index (χ4n) is 0.939. The minimum absolute atomic E-state index is 0.213. The van der Waals surface area contributed by atoms with Gasteiger partial charge >= 0.3 is 0 Å². The number of hydrogen-bond donors (Lipinski definition) is 1. The maximum Gasteiger partial charge on any atom is 0.255 e. The van der Waals surface area contributed by atoms with Gasteiger partial charge in [0.05, 0.1) is 9.21 Å². The monoisotopic (exact) mass is 230 g/mol. The molecule has 0 saturated carbocycles. The number of aromatic nitrogens is 2. The molecule has 14 heavy (non-hydrogen) atoms. The normalized spacial score (nSPS) is 13.1. The van der Waals surface area contributed by atoms with Crippen molar-refractivity contribution in [2.75, 3.05) is 0 Å². The van der Waals surface area contributed by atoms with Crippen LogP contribution in [0, 0.1) is 0 Å². The van der Waals surface area contributed by atoms with Gasteiger partial charge in [-0.15, -0.1) is 11.3 Å². The lowest BCUT2D eigenvalue weighted by Crippen LogP contribution is -1.89. The Hall–Kier alpha value is -0.910. The summed E-state index contributed by atoms with van der Waals surface area (Å²) in [6, 6.07) is 3.57. The molecule has 2 rings (SSSR count). The summed E-state index contributed by atoms with van der Waals surface area (Å²) >= 11 is 7.13. The fraction of sp³-hybridized carbons (Fsp3) is 0.250. The zero-order valence-corrected chi connectivity index (χ0v) is 8.84. The van der Waals surface area contributed by atoms with E-state index in [9.17, 15) is 5.11 Å². The lowest BCUT2D eigenvalue weighted by Gasteiger charge is -1.91. The third-order valence-electron chi connectivity index (χ3n) is 1.59. The number of aliphatic hydroxyl groups is 1. The van der Waals surface area contributed by atoms with E-state index in [1.165, 1.54) is 11.3 Å². The Morgan fingerprint density at radius 1 is 1.57 bits per heavy atom. The highest BCUT2D eigenvalue weighted by Crippen LogP contribution is 2.29. The van der Waals surface area contributed by atoms with E-state index >= 15 is 0 Å². The fourth-order valence-corrected chi connectivity index (χ4v) is 1.91. The van der Waals surface area contributed by atoms with Gasteiger partial charge in [-0.2, -0.15) is 4.98 Å². The van der Waals surface area contributed by atoms with Gasteiger partial charge in [-0.3, -0.25) is 0 Å². The third-order valence-corrected chi connectivity index (χ3v) is 2.82. The molecule has 0 fully saturated rings. The van der Waals surface area contributed by atoms with Crippen LogP contribution in [0.2, 0.25) is 4.34 Å². The Bertz CT molecular complexity index is 438. The quantitative estimate of drug-likeness (QED) is 0.861. The number of halogens is 1. The average molecular weight is 231 g/mol. The van der Waals surface area contributed by atoms with Gasteiger partial charge in [0.15, 0.2) is 0 Å². The second kappa shape index (κ2) is 3.68. The minimum Gasteiger partial charge on any atom is -0.384 e. The van der Waals surface area contributed by atoms with Crippen LogP contribution in [0.3, 0.4) is 0 Å². The molecule has 0 aliphatic carbocycles. The van der Waals surface area contributed by atoms with E-state index in [1.54, 1.807) is 13.0 Å². The third kappa shape index (κ3) is 1.79. The molecule has 0 radical (unpaired) electrons. The molecule has 0 bridgehead atoms. The van der Waals surface area contributed by atoms with E-state index in [0.717, 1.165) is 4.88 Å². The molecule has 1 atom stereocenters. The molecular formula is C8H7ClN2O2S. The number of thiophene rings is 1.